The molecule has 1 aromatic carbocycles. The van der Waals surface area contributed by atoms with Crippen molar-refractivity contribution in [3.8, 4) is 5.75 Å². The molecule has 102 valence electrons. The van der Waals surface area contributed by atoms with Gasteiger partial charge in [0, 0.05) is 18.2 Å². The number of hydrogen-bond acceptors (Lipinski definition) is 4. The van der Waals surface area contributed by atoms with E-state index < -0.39 is 17.9 Å². The molecular formula is C12H14N2O5. The Morgan fingerprint density at radius 3 is 2.63 bits per heavy atom. The van der Waals surface area contributed by atoms with E-state index in [0.29, 0.717) is 11.4 Å². The summed E-state index contributed by atoms with van der Waals surface area (Å²) in [6, 6.07) is 5.89. The summed E-state index contributed by atoms with van der Waals surface area (Å²) < 4.78 is 4.98. The fraction of sp³-hybridized carbons (Fsp3) is 0.250. The van der Waals surface area contributed by atoms with Crippen LogP contribution in [0, 0.1) is 0 Å². The minimum atomic E-state index is -1.09. The van der Waals surface area contributed by atoms with Gasteiger partial charge >= 0.3 is 12.0 Å². The second-order valence-electron chi connectivity index (χ2n) is 3.63. The van der Waals surface area contributed by atoms with Gasteiger partial charge in [0.1, 0.15) is 5.75 Å². The van der Waals surface area contributed by atoms with E-state index in [0.717, 1.165) is 0 Å². The van der Waals surface area contributed by atoms with Crippen molar-refractivity contribution in [2.75, 3.05) is 12.4 Å². The molecule has 0 atom stereocenters. The number of ether oxygens (including phenoxy) is 1. The van der Waals surface area contributed by atoms with E-state index in [4.69, 9.17) is 9.84 Å². The third-order valence-corrected chi connectivity index (χ3v) is 2.15. The van der Waals surface area contributed by atoms with Crippen molar-refractivity contribution in [1.82, 2.24) is 5.32 Å². The van der Waals surface area contributed by atoms with Crippen molar-refractivity contribution in [2.45, 2.75) is 12.8 Å². The van der Waals surface area contributed by atoms with Crippen LogP contribution in [-0.2, 0) is 9.59 Å². The van der Waals surface area contributed by atoms with Gasteiger partial charge in [0.2, 0.25) is 5.91 Å². The molecule has 0 saturated carbocycles. The molecule has 0 aliphatic rings. The molecule has 0 aromatic heterocycles. The summed E-state index contributed by atoms with van der Waals surface area (Å²) in [7, 11) is 1.49. The molecule has 19 heavy (non-hydrogen) atoms. The summed E-state index contributed by atoms with van der Waals surface area (Å²) in [4.78, 5) is 32.9. The molecule has 3 N–H and O–H groups in total. The number of nitrogens with one attached hydrogen (secondary N) is 2. The Kier molecular flexibility index (Phi) is 5.34. The highest BCUT2D eigenvalue weighted by Gasteiger charge is 2.09. The van der Waals surface area contributed by atoms with Crippen LogP contribution in [0.15, 0.2) is 24.3 Å². The standard InChI is InChI=1S/C12H14N2O5/c1-19-9-4-2-3-8(7-9)13-12(18)14-10(15)5-6-11(16)17/h2-4,7H,5-6H2,1H3,(H,16,17)(H2,13,14,15,18). The normalized spacial score (nSPS) is 9.53. The zero-order valence-corrected chi connectivity index (χ0v) is 10.3. The maximum atomic E-state index is 11.4. The number of aliphatic carboxylic acids is 1. The van der Waals surface area contributed by atoms with Crippen molar-refractivity contribution in [3.05, 3.63) is 24.3 Å². The summed E-state index contributed by atoms with van der Waals surface area (Å²) >= 11 is 0. The Morgan fingerprint density at radius 2 is 2.00 bits per heavy atom. The lowest BCUT2D eigenvalue weighted by molar-refractivity contribution is -0.138. The highest BCUT2D eigenvalue weighted by Crippen LogP contribution is 2.16. The Labute approximate surface area is 109 Å². The molecule has 0 saturated heterocycles. The average molecular weight is 266 g/mol. The fourth-order valence-corrected chi connectivity index (χ4v) is 1.27. The van der Waals surface area contributed by atoms with Gasteiger partial charge < -0.3 is 15.2 Å². The molecule has 0 heterocycles. The van der Waals surface area contributed by atoms with Crippen LogP contribution in [0.3, 0.4) is 0 Å². The minimum absolute atomic E-state index is 0.249. The van der Waals surface area contributed by atoms with Crippen LogP contribution in [0.25, 0.3) is 0 Å². The number of amides is 3. The lowest BCUT2D eigenvalue weighted by Crippen LogP contribution is -2.34. The van der Waals surface area contributed by atoms with Gasteiger partial charge in [0.05, 0.1) is 13.5 Å². The Bertz CT molecular complexity index is 487. The highest BCUT2D eigenvalue weighted by molar-refractivity contribution is 6.01. The maximum absolute atomic E-state index is 11.4. The number of hydrogen-bond donors (Lipinski definition) is 3. The van der Waals surface area contributed by atoms with E-state index in [9.17, 15) is 14.4 Å². The number of carbonyl (C=O) groups is 3. The van der Waals surface area contributed by atoms with Crippen LogP contribution in [0.4, 0.5) is 10.5 Å². The molecule has 0 bridgehead atoms. The molecule has 0 aliphatic carbocycles. The summed E-state index contributed by atoms with van der Waals surface area (Å²) in [6.45, 7) is 0. The van der Waals surface area contributed by atoms with Gasteiger partial charge in [0.15, 0.2) is 0 Å². The predicted octanol–water partition coefficient (Wildman–Crippen LogP) is 1.21. The van der Waals surface area contributed by atoms with E-state index in [1.54, 1.807) is 24.3 Å². The van der Waals surface area contributed by atoms with Gasteiger partial charge in [0.25, 0.3) is 0 Å². The Hall–Kier alpha value is -2.57. The molecule has 1 rings (SSSR count). The number of rotatable bonds is 5. The van der Waals surface area contributed by atoms with E-state index >= 15 is 0 Å². The smallest absolute Gasteiger partial charge is 0.325 e. The van der Waals surface area contributed by atoms with Gasteiger partial charge in [-0.05, 0) is 12.1 Å². The van der Waals surface area contributed by atoms with E-state index in [2.05, 4.69) is 5.32 Å². The number of benzene rings is 1. The molecule has 0 radical (unpaired) electrons. The van der Waals surface area contributed by atoms with Crippen molar-refractivity contribution < 1.29 is 24.2 Å². The number of methoxy groups -OCH3 is 1. The molecule has 0 fully saturated rings. The second kappa shape index (κ2) is 7.00. The third-order valence-electron chi connectivity index (χ3n) is 2.15. The molecular weight excluding hydrogens is 252 g/mol. The van der Waals surface area contributed by atoms with Crippen LogP contribution in [-0.4, -0.2) is 30.1 Å². The zero-order valence-electron chi connectivity index (χ0n) is 10.3. The molecule has 7 nitrogen and oxygen atoms in total. The lowest BCUT2D eigenvalue weighted by atomic mass is 10.3. The van der Waals surface area contributed by atoms with Crippen LogP contribution in [0.2, 0.25) is 0 Å². The van der Waals surface area contributed by atoms with Crippen LogP contribution < -0.4 is 15.4 Å². The first-order valence-corrected chi connectivity index (χ1v) is 5.48. The van der Waals surface area contributed by atoms with Crippen LogP contribution in [0.1, 0.15) is 12.8 Å². The molecule has 7 heteroatoms. The SMILES string of the molecule is COc1cccc(NC(=O)NC(=O)CCC(=O)O)c1. The van der Waals surface area contributed by atoms with Crippen molar-refractivity contribution >= 4 is 23.6 Å². The molecule has 0 unspecified atom stereocenters. The number of carboxylic acids is 1. The van der Waals surface area contributed by atoms with Gasteiger partial charge in [-0.15, -0.1) is 0 Å². The number of imide groups is 1. The zero-order chi connectivity index (χ0) is 14.3. The van der Waals surface area contributed by atoms with Gasteiger partial charge in [-0.2, -0.15) is 0 Å². The first kappa shape index (κ1) is 14.5. The Morgan fingerprint density at radius 1 is 1.26 bits per heavy atom. The predicted molar refractivity (Wildman–Crippen MR) is 67.0 cm³/mol. The van der Waals surface area contributed by atoms with E-state index in [1.807, 2.05) is 5.32 Å². The maximum Gasteiger partial charge on any atom is 0.325 e. The fourth-order valence-electron chi connectivity index (χ4n) is 1.27. The third kappa shape index (κ3) is 5.53. The van der Waals surface area contributed by atoms with Crippen LogP contribution in [0.5, 0.6) is 5.75 Å². The summed E-state index contributed by atoms with van der Waals surface area (Å²) in [5, 5.41) is 12.9. The second-order valence-corrected chi connectivity index (χ2v) is 3.63. The van der Waals surface area contributed by atoms with Gasteiger partial charge in [-0.25, -0.2) is 4.79 Å². The van der Waals surface area contributed by atoms with Crippen molar-refractivity contribution in [1.29, 1.82) is 0 Å². The largest absolute Gasteiger partial charge is 0.497 e. The van der Waals surface area contributed by atoms with Gasteiger partial charge in [-0.1, -0.05) is 6.07 Å². The minimum Gasteiger partial charge on any atom is -0.497 e. The monoisotopic (exact) mass is 266 g/mol. The van der Waals surface area contributed by atoms with Gasteiger partial charge in [-0.3, -0.25) is 14.9 Å². The first-order chi connectivity index (χ1) is 9.01. The molecule has 1 aromatic rings. The molecule has 0 spiro atoms. The number of urea groups is 1. The summed E-state index contributed by atoms with van der Waals surface area (Å²) in [6.07, 6.45) is -0.570. The molecule has 3 amide bonds. The number of carboxylic acid groups (broad SMARTS) is 1. The summed E-state index contributed by atoms with van der Waals surface area (Å²) in [5.41, 5.74) is 0.461. The lowest BCUT2D eigenvalue weighted by Gasteiger charge is -2.07. The highest BCUT2D eigenvalue weighted by atomic mass is 16.5. The van der Waals surface area contributed by atoms with Crippen molar-refractivity contribution in [2.24, 2.45) is 0 Å². The number of anilines is 1. The summed E-state index contributed by atoms with van der Waals surface area (Å²) in [5.74, 6) is -1.18. The van der Waals surface area contributed by atoms with E-state index in [-0.39, 0.29) is 12.8 Å². The number of carbonyl (C=O) groups excluding carboxylic acids is 2. The Balaban J connectivity index is 2.46. The first-order valence-electron chi connectivity index (χ1n) is 5.48. The quantitative estimate of drug-likeness (QED) is 0.743. The van der Waals surface area contributed by atoms with Crippen molar-refractivity contribution in [3.63, 3.8) is 0 Å². The topological polar surface area (TPSA) is 105 Å². The average Bonchev–Trinajstić information content (AvgIpc) is 2.36. The molecule has 0 aliphatic heterocycles. The van der Waals surface area contributed by atoms with E-state index in [1.165, 1.54) is 7.11 Å². The van der Waals surface area contributed by atoms with Crippen LogP contribution >= 0.6 is 0 Å².